The summed E-state index contributed by atoms with van der Waals surface area (Å²) in [5.74, 6) is 1.27. The van der Waals surface area contributed by atoms with E-state index in [2.05, 4.69) is 26.0 Å². The van der Waals surface area contributed by atoms with Crippen molar-refractivity contribution in [2.75, 3.05) is 27.2 Å². The molecule has 0 radical (unpaired) electrons. The minimum atomic E-state index is -0.123. The van der Waals surface area contributed by atoms with Gasteiger partial charge in [0.05, 0.1) is 19.3 Å². The van der Waals surface area contributed by atoms with E-state index in [0.717, 1.165) is 11.4 Å². The summed E-state index contributed by atoms with van der Waals surface area (Å²) in [6.07, 6.45) is 1.75. The highest BCUT2D eigenvalue weighted by Gasteiger charge is 2.05. The Morgan fingerprint density at radius 2 is 1.88 bits per heavy atom. The third-order valence-corrected chi connectivity index (χ3v) is 3.64. The van der Waals surface area contributed by atoms with Gasteiger partial charge in [-0.25, -0.2) is 0 Å². The Kier molecular flexibility index (Phi) is 6.82. The number of aryl methyl sites for hydroxylation is 1. The van der Waals surface area contributed by atoms with Crippen LogP contribution >= 0.6 is 0 Å². The summed E-state index contributed by atoms with van der Waals surface area (Å²) < 4.78 is 6.88. The number of rotatable bonds is 7. The van der Waals surface area contributed by atoms with E-state index in [0.29, 0.717) is 31.2 Å². The smallest absolute Gasteiger partial charge is 0.251 e. The normalized spacial score (nSPS) is 11.1. The van der Waals surface area contributed by atoms with Crippen LogP contribution in [0.2, 0.25) is 0 Å². The Bertz CT molecular complexity index is 708. The second kappa shape index (κ2) is 9.31. The number of aliphatic imine (C=N–C) groups is 1. The molecular weight excluding hydrogens is 320 g/mol. The summed E-state index contributed by atoms with van der Waals surface area (Å²) in [6.45, 7) is 1.67. The number of guanidine groups is 1. The Balaban J connectivity index is 1.69. The first-order valence-electron chi connectivity index (χ1n) is 7.97. The van der Waals surface area contributed by atoms with Crippen LogP contribution in [0.1, 0.15) is 16.1 Å². The van der Waals surface area contributed by atoms with Crippen molar-refractivity contribution < 1.29 is 9.53 Å². The van der Waals surface area contributed by atoms with Gasteiger partial charge in [0, 0.05) is 38.9 Å². The Labute approximate surface area is 147 Å². The van der Waals surface area contributed by atoms with Gasteiger partial charge in [-0.2, -0.15) is 5.10 Å². The van der Waals surface area contributed by atoms with E-state index in [1.165, 1.54) is 0 Å². The molecule has 0 aliphatic carbocycles. The number of hydrogen-bond acceptors (Lipinski definition) is 4. The molecule has 0 unspecified atom stereocenters. The Morgan fingerprint density at radius 3 is 2.48 bits per heavy atom. The van der Waals surface area contributed by atoms with Crippen molar-refractivity contribution >= 4 is 11.9 Å². The molecule has 1 amide bonds. The van der Waals surface area contributed by atoms with Crippen molar-refractivity contribution in [1.82, 2.24) is 25.7 Å². The fourth-order valence-electron chi connectivity index (χ4n) is 2.17. The van der Waals surface area contributed by atoms with E-state index in [1.807, 2.05) is 13.1 Å². The number of ether oxygens (including phenoxy) is 1. The van der Waals surface area contributed by atoms with Gasteiger partial charge in [0.15, 0.2) is 5.96 Å². The maximum atomic E-state index is 12.0. The molecule has 2 rings (SSSR count). The lowest BCUT2D eigenvalue weighted by Crippen LogP contribution is -2.41. The third kappa shape index (κ3) is 5.52. The summed E-state index contributed by atoms with van der Waals surface area (Å²) in [6, 6.07) is 8.93. The topological polar surface area (TPSA) is 92.6 Å². The van der Waals surface area contributed by atoms with Gasteiger partial charge in [0.2, 0.25) is 0 Å². The summed E-state index contributed by atoms with van der Waals surface area (Å²) in [5.41, 5.74) is 1.65. The van der Waals surface area contributed by atoms with Crippen molar-refractivity contribution in [3.63, 3.8) is 0 Å². The molecular formula is C17H24N6O2. The molecule has 134 valence electrons. The van der Waals surface area contributed by atoms with Crippen LogP contribution in [0.5, 0.6) is 5.75 Å². The van der Waals surface area contributed by atoms with E-state index in [4.69, 9.17) is 4.74 Å². The Morgan fingerprint density at radius 1 is 1.16 bits per heavy atom. The van der Waals surface area contributed by atoms with Gasteiger partial charge >= 0.3 is 0 Å². The van der Waals surface area contributed by atoms with Crippen LogP contribution in [0.4, 0.5) is 0 Å². The molecule has 0 atom stereocenters. The second-order valence-electron chi connectivity index (χ2n) is 5.28. The van der Waals surface area contributed by atoms with Crippen molar-refractivity contribution in [1.29, 1.82) is 0 Å². The summed E-state index contributed by atoms with van der Waals surface area (Å²) in [4.78, 5) is 16.2. The predicted molar refractivity (Wildman–Crippen MR) is 96.7 cm³/mol. The minimum absolute atomic E-state index is 0.123. The number of amides is 1. The highest BCUT2D eigenvalue weighted by atomic mass is 16.5. The van der Waals surface area contributed by atoms with Crippen LogP contribution in [-0.2, 0) is 13.6 Å². The number of hydrogen-bond donors (Lipinski definition) is 3. The first-order valence-corrected chi connectivity index (χ1v) is 7.97. The second-order valence-corrected chi connectivity index (χ2v) is 5.28. The molecule has 1 aromatic heterocycles. The van der Waals surface area contributed by atoms with E-state index in [-0.39, 0.29) is 5.91 Å². The average Bonchev–Trinajstić information content (AvgIpc) is 3.06. The lowest BCUT2D eigenvalue weighted by molar-refractivity contribution is 0.0954. The molecule has 0 aliphatic rings. The number of nitrogens with zero attached hydrogens (tertiary/aromatic N) is 3. The van der Waals surface area contributed by atoms with Gasteiger partial charge < -0.3 is 20.7 Å². The van der Waals surface area contributed by atoms with Crippen molar-refractivity contribution in [3.8, 4) is 5.75 Å². The molecule has 0 spiro atoms. The highest BCUT2D eigenvalue weighted by Crippen LogP contribution is 2.10. The standard InChI is InChI=1S/C17H24N6O2/c1-18-17(21-12-14-8-9-22-23(14)2)20-11-10-19-16(24)13-4-6-15(25-3)7-5-13/h4-9H,10-12H2,1-3H3,(H,19,24)(H2,18,20,21). The van der Waals surface area contributed by atoms with E-state index in [9.17, 15) is 4.79 Å². The lowest BCUT2D eigenvalue weighted by Gasteiger charge is -2.12. The molecule has 0 aliphatic heterocycles. The molecule has 0 bridgehead atoms. The molecule has 25 heavy (non-hydrogen) atoms. The third-order valence-electron chi connectivity index (χ3n) is 3.64. The molecule has 3 N–H and O–H groups in total. The quantitative estimate of drug-likeness (QED) is 0.387. The van der Waals surface area contributed by atoms with E-state index < -0.39 is 0 Å². The fraction of sp³-hybridized carbons (Fsp3) is 0.353. The van der Waals surface area contributed by atoms with Gasteiger partial charge in [-0.15, -0.1) is 0 Å². The Hall–Kier alpha value is -3.03. The zero-order valence-corrected chi connectivity index (χ0v) is 14.7. The number of carbonyl (C=O) groups excluding carboxylic acids is 1. The maximum Gasteiger partial charge on any atom is 0.251 e. The molecule has 0 fully saturated rings. The summed E-state index contributed by atoms with van der Waals surface area (Å²) in [7, 11) is 5.19. The van der Waals surface area contributed by atoms with Gasteiger partial charge in [-0.1, -0.05) is 0 Å². The maximum absolute atomic E-state index is 12.0. The van der Waals surface area contributed by atoms with Gasteiger partial charge in [-0.05, 0) is 30.3 Å². The van der Waals surface area contributed by atoms with Crippen LogP contribution in [0, 0.1) is 0 Å². The number of carbonyl (C=O) groups is 1. The SMILES string of the molecule is CN=C(NCCNC(=O)c1ccc(OC)cc1)NCc1ccnn1C. The predicted octanol–water partition coefficient (Wildman–Crippen LogP) is 0.524. The van der Waals surface area contributed by atoms with Crippen LogP contribution in [0.25, 0.3) is 0 Å². The number of aromatic nitrogens is 2. The summed E-state index contributed by atoms with van der Waals surface area (Å²) >= 11 is 0. The molecule has 8 nitrogen and oxygen atoms in total. The molecule has 0 saturated heterocycles. The molecule has 2 aromatic rings. The number of nitrogens with one attached hydrogen (secondary N) is 3. The zero-order valence-electron chi connectivity index (χ0n) is 14.7. The molecule has 1 heterocycles. The summed E-state index contributed by atoms with van der Waals surface area (Å²) in [5, 5.41) is 13.3. The fourth-order valence-corrected chi connectivity index (χ4v) is 2.17. The monoisotopic (exact) mass is 344 g/mol. The van der Waals surface area contributed by atoms with E-state index >= 15 is 0 Å². The van der Waals surface area contributed by atoms with Gasteiger partial charge in [0.25, 0.3) is 5.91 Å². The van der Waals surface area contributed by atoms with Crippen molar-refractivity contribution in [2.45, 2.75) is 6.54 Å². The first kappa shape index (κ1) is 18.3. The van der Waals surface area contributed by atoms with Gasteiger partial charge in [0.1, 0.15) is 5.75 Å². The zero-order chi connectivity index (χ0) is 18.1. The largest absolute Gasteiger partial charge is 0.497 e. The first-order chi connectivity index (χ1) is 12.1. The van der Waals surface area contributed by atoms with Gasteiger partial charge in [-0.3, -0.25) is 14.5 Å². The number of methoxy groups -OCH3 is 1. The molecule has 8 heteroatoms. The van der Waals surface area contributed by atoms with Crippen molar-refractivity contribution in [3.05, 3.63) is 47.8 Å². The van der Waals surface area contributed by atoms with E-state index in [1.54, 1.807) is 49.3 Å². The minimum Gasteiger partial charge on any atom is -0.497 e. The molecule has 0 saturated carbocycles. The van der Waals surface area contributed by atoms with Crippen LogP contribution in [0.15, 0.2) is 41.5 Å². The van der Waals surface area contributed by atoms with Crippen LogP contribution in [0.3, 0.4) is 0 Å². The highest BCUT2D eigenvalue weighted by molar-refractivity contribution is 5.94. The van der Waals surface area contributed by atoms with Crippen molar-refractivity contribution in [2.24, 2.45) is 12.0 Å². The number of benzene rings is 1. The van der Waals surface area contributed by atoms with Crippen LogP contribution < -0.4 is 20.7 Å². The lowest BCUT2D eigenvalue weighted by atomic mass is 10.2. The average molecular weight is 344 g/mol. The van der Waals surface area contributed by atoms with Crippen LogP contribution in [-0.4, -0.2) is 48.9 Å². The molecule has 1 aromatic carbocycles.